The molecule has 0 bridgehead atoms. The van der Waals surface area contributed by atoms with Gasteiger partial charge in [-0.05, 0) is 43.2 Å². The van der Waals surface area contributed by atoms with Crippen molar-refractivity contribution in [2.45, 2.75) is 33.1 Å². The number of nitrogens with one attached hydrogen (secondary N) is 1. The number of anilines is 1. The normalized spacial score (nSPS) is 16.6. The van der Waals surface area contributed by atoms with Crippen LogP contribution < -0.4 is 11.1 Å². The van der Waals surface area contributed by atoms with Crippen molar-refractivity contribution in [3.8, 4) is 0 Å². The first-order valence-electron chi connectivity index (χ1n) is 6.21. The Bertz CT molecular complexity index is 436. The van der Waals surface area contributed by atoms with Crippen molar-refractivity contribution < 1.29 is 4.79 Å². The van der Waals surface area contributed by atoms with Gasteiger partial charge in [0.05, 0.1) is 5.56 Å². The van der Waals surface area contributed by atoms with Crippen LogP contribution in [0.15, 0.2) is 18.2 Å². The minimum absolute atomic E-state index is 0.0501. The molecule has 92 valence electrons. The standard InChI is InChI=1S/C14H20N2O/c1-3-14(7-8-14)9-16-13(17)11-6-4-5-10(2)12(11)15/h4-6H,3,7-9,15H2,1-2H3,(H,16,17). The first-order chi connectivity index (χ1) is 8.08. The van der Waals surface area contributed by atoms with Crippen LogP contribution in [0.5, 0.6) is 0 Å². The fourth-order valence-corrected chi connectivity index (χ4v) is 2.07. The van der Waals surface area contributed by atoms with Crippen molar-refractivity contribution in [2.75, 3.05) is 12.3 Å². The molecule has 1 fully saturated rings. The van der Waals surface area contributed by atoms with Gasteiger partial charge < -0.3 is 11.1 Å². The quantitative estimate of drug-likeness (QED) is 0.784. The predicted molar refractivity (Wildman–Crippen MR) is 69.9 cm³/mol. The van der Waals surface area contributed by atoms with E-state index < -0.39 is 0 Å². The molecule has 0 saturated heterocycles. The van der Waals surface area contributed by atoms with E-state index in [0.717, 1.165) is 18.5 Å². The van der Waals surface area contributed by atoms with E-state index in [-0.39, 0.29) is 5.91 Å². The maximum atomic E-state index is 12.0. The van der Waals surface area contributed by atoms with Crippen LogP contribution >= 0.6 is 0 Å². The van der Waals surface area contributed by atoms with Crippen LogP contribution in [-0.2, 0) is 0 Å². The summed E-state index contributed by atoms with van der Waals surface area (Å²) in [7, 11) is 0. The van der Waals surface area contributed by atoms with Gasteiger partial charge in [-0.1, -0.05) is 19.1 Å². The fourth-order valence-electron chi connectivity index (χ4n) is 2.07. The molecule has 1 amide bonds. The molecular formula is C14H20N2O. The van der Waals surface area contributed by atoms with Crippen LogP contribution in [0, 0.1) is 12.3 Å². The van der Waals surface area contributed by atoms with E-state index in [0.29, 0.717) is 16.7 Å². The van der Waals surface area contributed by atoms with E-state index in [1.54, 1.807) is 6.07 Å². The van der Waals surface area contributed by atoms with Crippen molar-refractivity contribution >= 4 is 11.6 Å². The lowest BCUT2D eigenvalue weighted by molar-refractivity contribution is 0.0945. The molecule has 1 aromatic carbocycles. The zero-order valence-corrected chi connectivity index (χ0v) is 10.5. The van der Waals surface area contributed by atoms with Gasteiger partial charge in [-0.25, -0.2) is 0 Å². The van der Waals surface area contributed by atoms with Crippen molar-refractivity contribution in [1.29, 1.82) is 0 Å². The molecule has 17 heavy (non-hydrogen) atoms. The average molecular weight is 232 g/mol. The molecule has 1 aliphatic rings. The molecule has 0 radical (unpaired) electrons. The summed E-state index contributed by atoms with van der Waals surface area (Å²) < 4.78 is 0. The zero-order chi connectivity index (χ0) is 12.5. The molecule has 1 saturated carbocycles. The summed E-state index contributed by atoms with van der Waals surface area (Å²) in [5.74, 6) is -0.0501. The van der Waals surface area contributed by atoms with Gasteiger partial charge in [0.2, 0.25) is 0 Å². The van der Waals surface area contributed by atoms with Crippen LogP contribution in [0.2, 0.25) is 0 Å². The number of rotatable bonds is 4. The van der Waals surface area contributed by atoms with E-state index in [1.165, 1.54) is 12.8 Å². The number of carbonyl (C=O) groups excluding carboxylic acids is 1. The number of benzene rings is 1. The highest BCUT2D eigenvalue weighted by Gasteiger charge is 2.40. The predicted octanol–water partition coefficient (Wildman–Crippen LogP) is 2.50. The third kappa shape index (κ3) is 2.43. The van der Waals surface area contributed by atoms with E-state index in [9.17, 15) is 4.79 Å². The highest BCUT2D eigenvalue weighted by atomic mass is 16.1. The number of amides is 1. The van der Waals surface area contributed by atoms with Gasteiger partial charge in [-0.3, -0.25) is 4.79 Å². The van der Waals surface area contributed by atoms with Crippen LogP contribution in [0.1, 0.15) is 42.1 Å². The maximum Gasteiger partial charge on any atom is 0.253 e. The summed E-state index contributed by atoms with van der Waals surface area (Å²) in [6.45, 7) is 4.87. The summed E-state index contributed by atoms with van der Waals surface area (Å²) in [5.41, 5.74) is 8.42. The third-order valence-corrected chi connectivity index (χ3v) is 3.90. The van der Waals surface area contributed by atoms with E-state index in [1.807, 2.05) is 19.1 Å². The number of nitrogen functional groups attached to an aromatic ring is 1. The number of carbonyl (C=O) groups is 1. The van der Waals surface area contributed by atoms with Crippen molar-refractivity contribution in [2.24, 2.45) is 5.41 Å². The van der Waals surface area contributed by atoms with Crippen LogP contribution in [-0.4, -0.2) is 12.5 Å². The Morgan fingerprint density at radius 3 is 2.76 bits per heavy atom. The molecule has 0 aromatic heterocycles. The molecule has 3 N–H and O–H groups in total. The highest BCUT2D eigenvalue weighted by Crippen LogP contribution is 2.47. The maximum absolute atomic E-state index is 12.0. The number of para-hydroxylation sites is 1. The molecule has 0 unspecified atom stereocenters. The average Bonchev–Trinajstić information content (AvgIpc) is 3.10. The Kier molecular flexibility index (Phi) is 3.09. The number of hydrogen-bond donors (Lipinski definition) is 2. The van der Waals surface area contributed by atoms with E-state index in [4.69, 9.17) is 5.73 Å². The summed E-state index contributed by atoms with van der Waals surface area (Å²) in [6.07, 6.45) is 3.59. The Morgan fingerprint density at radius 2 is 2.18 bits per heavy atom. The van der Waals surface area contributed by atoms with Gasteiger partial charge in [0.25, 0.3) is 5.91 Å². The summed E-state index contributed by atoms with van der Waals surface area (Å²) in [5, 5.41) is 3.00. The van der Waals surface area contributed by atoms with Gasteiger partial charge in [0.15, 0.2) is 0 Å². The molecule has 1 aromatic rings. The lowest BCUT2D eigenvalue weighted by Crippen LogP contribution is -2.30. The Hall–Kier alpha value is -1.51. The second-order valence-electron chi connectivity index (χ2n) is 5.07. The fraction of sp³-hybridized carbons (Fsp3) is 0.500. The minimum Gasteiger partial charge on any atom is -0.398 e. The number of hydrogen-bond acceptors (Lipinski definition) is 2. The SMILES string of the molecule is CCC1(CNC(=O)c2cccc(C)c2N)CC1. The second-order valence-corrected chi connectivity index (χ2v) is 5.07. The lowest BCUT2D eigenvalue weighted by atomic mass is 10.0. The van der Waals surface area contributed by atoms with Crippen LogP contribution in [0.4, 0.5) is 5.69 Å². The van der Waals surface area contributed by atoms with Crippen LogP contribution in [0.3, 0.4) is 0 Å². The molecule has 1 aliphatic carbocycles. The molecule has 2 rings (SSSR count). The van der Waals surface area contributed by atoms with Gasteiger partial charge in [0, 0.05) is 12.2 Å². The summed E-state index contributed by atoms with van der Waals surface area (Å²) >= 11 is 0. The molecule has 0 atom stereocenters. The van der Waals surface area contributed by atoms with Gasteiger partial charge in [-0.15, -0.1) is 0 Å². The number of nitrogens with two attached hydrogens (primary N) is 1. The Morgan fingerprint density at radius 1 is 1.47 bits per heavy atom. The first kappa shape index (κ1) is 12.0. The highest BCUT2D eigenvalue weighted by molar-refractivity contribution is 5.99. The first-order valence-corrected chi connectivity index (χ1v) is 6.21. The van der Waals surface area contributed by atoms with Gasteiger partial charge in [-0.2, -0.15) is 0 Å². The molecule has 3 heteroatoms. The minimum atomic E-state index is -0.0501. The van der Waals surface area contributed by atoms with Gasteiger partial charge in [0.1, 0.15) is 0 Å². The van der Waals surface area contributed by atoms with Gasteiger partial charge >= 0.3 is 0 Å². The third-order valence-electron chi connectivity index (χ3n) is 3.90. The van der Waals surface area contributed by atoms with Crippen molar-refractivity contribution in [3.63, 3.8) is 0 Å². The van der Waals surface area contributed by atoms with Crippen molar-refractivity contribution in [3.05, 3.63) is 29.3 Å². The van der Waals surface area contributed by atoms with E-state index in [2.05, 4.69) is 12.2 Å². The molecule has 3 nitrogen and oxygen atoms in total. The molecule has 0 heterocycles. The Labute approximate surface area is 102 Å². The van der Waals surface area contributed by atoms with Crippen LogP contribution in [0.25, 0.3) is 0 Å². The number of aryl methyl sites for hydroxylation is 1. The molecular weight excluding hydrogens is 212 g/mol. The summed E-state index contributed by atoms with van der Waals surface area (Å²) in [6, 6.07) is 5.57. The Balaban J connectivity index is 2.02. The second kappa shape index (κ2) is 4.40. The molecule has 0 aliphatic heterocycles. The monoisotopic (exact) mass is 232 g/mol. The molecule has 0 spiro atoms. The summed E-state index contributed by atoms with van der Waals surface area (Å²) in [4.78, 5) is 12.0. The lowest BCUT2D eigenvalue weighted by Gasteiger charge is -2.14. The zero-order valence-electron chi connectivity index (χ0n) is 10.5. The van der Waals surface area contributed by atoms with E-state index >= 15 is 0 Å². The smallest absolute Gasteiger partial charge is 0.253 e. The largest absolute Gasteiger partial charge is 0.398 e. The topological polar surface area (TPSA) is 55.1 Å². The van der Waals surface area contributed by atoms with Crippen molar-refractivity contribution in [1.82, 2.24) is 5.32 Å².